The maximum Gasteiger partial charge on any atom is 0.257 e. The Morgan fingerprint density at radius 2 is 1.70 bits per heavy atom. The Hall–Kier alpha value is -3.49. The Morgan fingerprint density at radius 3 is 2.40 bits per heavy atom. The quantitative estimate of drug-likeness (QED) is 0.429. The Morgan fingerprint density at radius 1 is 1.00 bits per heavy atom. The topological polar surface area (TPSA) is 65.8 Å². The van der Waals surface area contributed by atoms with Crippen LogP contribution in [0.3, 0.4) is 0 Å². The predicted octanol–water partition coefficient (Wildman–Crippen LogP) is 6.32. The van der Waals surface area contributed by atoms with E-state index in [2.05, 4.69) is 11.4 Å². The van der Waals surface area contributed by atoms with Gasteiger partial charge in [0.15, 0.2) is 0 Å². The fourth-order valence-electron chi connectivity index (χ4n) is 3.61. The van der Waals surface area contributed by atoms with Crippen LogP contribution >= 0.6 is 11.3 Å². The number of aryl methyl sites for hydroxylation is 2. The van der Waals surface area contributed by atoms with Crippen LogP contribution in [0, 0.1) is 39.0 Å². The van der Waals surface area contributed by atoms with Crippen molar-refractivity contribution in [2.24, 2.45) is 0 Å². The molecule has 0 spiro atoms. The smallest absolute Gasteiger partial charge is 0.257 e. The number of anilines is 1. The molecule has 30 heavy (non-hydrogen) atoms. The SMILES string of the molecule is Cc1ccc(-c2nc3ccccc3c(C(=O)Nc3sc(C)c(C)c3C#N)c2C)cc1. The molecule has 4 rings (SSSR count). The zero-order valence-corrected chi connectivity index (χ0v) is 18.1. The molecule has 4 nitrogen and oxygen atoms in total. The summed E-state index contributed by atoms with van der Waals surface area (Å²) in [6, 6.07) is 18.0. The molecule has 1 N–H and O–H groups in total. The number of hydrogen-bond donors (Lipinski definition) is 1. The van der Waals surface area contributed by atoms with E-state index < -0.39 is 0 Å². The van der Waals surface area contributed by atoms with Crippen molar-refractivity contribution >= 4 is 33.1 Å². The molecular formula is C25H21N3OS. The van der Waals surface area contributed by atoms with Crippen LogP contribution in [-0.2, 0) is 0 Å². The Balaban J connectivity index is 1.88. The van der Waals surface area contributed by atoms with Gasteiger partial charge in [-0.2, -0.15) is 5.26 Å². The van der Waals surface area contributed by atoms with Crippen LogP contribution in [0.4, 0.5) is 5.00 Å². The normalized spacial score (nSPS) is 10.8. The summed E-state index contributed by atoms with van der Waals surface area (Å²) in [7, 11) is 0. The number of para-hydroxylation sites is 1. The second kappa shape index (κ2) is 7.74. The molecule has 5 heteroatoms. The van der Waals surface area contributed by atoms with Crippen LogP contribution in [0.5, 0.6) is 0 Å². The second-order valence-corrected chi connectivity index (χ2v) is 8.62. The number of nitrogens with zero attached hydrogens (tertiary/aromatic N) is 2. The number of pyridine rings is 1. The number of carbonyl (C=O) groups is 1. The molecule has 0 atom stereocenters. The van der Waals surface area contributed by atoms with Crippen molar-refractivity contribution in [3.05, 3.63) is 81.2 Å². The van der Waals surface area contributed by atoms with Gasteiger partial charge in [0.25, 0.3) is 5.91 Å². The minimum absolute atomic E-state index is 0.225. The summed E-state index contributed by atoms with van der Waals surface area (Å²) in [5.41, 5.74) is 6.54. The summed E-state index contributed by atoms with van der Waals surface area (Å²) in [5, 5.41) is 13.9. The lowest BCUT2D eigenvalue weighted by molar-refractivity contribution is 0.102. The molecule has 4 aromatic rings. The van der Waals surface area contributed by atoms with Crippen molar-refractivity contribution in [2.45, 2.75) is 27.7 Å². The van der Waals surface area contributed by atoms with Gasteiger partial charge in [-0.25, -0.2) is 4.98 Å². The Kier molecular flexibility index (Phi) is 5.11. The first kappa shape index (κ1) is 19.8. The third-order valence-electron chi connectivity index (χ3n) is 5.41. The molecule has 0 unspecified atom stereocenters. The minimum Gasteiger partial charge on any atom is -0.312 e. The molecule has 2 heterocycles. The van der Waals surface area contributed by atoms with Crippen molar-refractivity contribution in [1.82, 2.24) is 4.98 Å². The van der Waals surface area contributed by atoms with E-state index in [0.29, 0.717) is 16.1 Å². The van der Waals surface area contributed by atoms with Gasteiger partial charge in [0.05, 0.1) is 22.3 Å². The number of nitriles is 1. The summed E-state index contributed by atoms with van der Waals surface area (Å²) in [5.74, 6) is -0.225. The number of fused-ring (bicyclic) bond motifs is 1. The van der Waals surface area contributed by atoms with Crippen LogP contribution in [0.25, 0.3) is 22.2 Å². The predicted molar refractivity (Wildman–Crippen MR) is 123 cm³/mol. The molecular weight excluding hydrogens is 390 g/mol. The van der Waals surface area contributed by atoms with Gasteiger partial charge in [-0.15, -0.1) is 11.3 Å². The third kappa shape index (κ3) is 3.36. The average molecular weight is 412 g/mol. The first-order valence-corrected chi connectivity index (χ1v) is 10.5. The van der Waals surface area contributed by atoms with Gasteiger partial charge < -0.3 is 5.32 Å². The third-order valence-corrected chi connectivity index (χ3v) is 6.53. The number of benzene rings is 2. The summed E-state index contributed by atoms with van der Waals surface area (Å²) >= 11 is 1.43. The van der Waals surface area contributed by atoms with Gasteiger partial charge in [-0.05, 0) is 44.9 Å². The van der Waals surface area contributed by atoms with Gasteiger partial charge in [0, 0.05) is 15.8 Å². The molecule has 0 aliphatic carbocycles. The summed E-state index contributed by atoms with van der Waals surface area (Å²) in [4.78, 5) is 19.3. The van der Waals surface area contributed by atoms with E-state index in [4.69, 9.17) is 4.98 Å². The summed E-state index contributed by atoms with van der Waals surface area (Å²) in [6.45, 7) is 7.84. The van der Waals surface area contributed by atoms with Crippen LogP contribution in [0.15, 0.2) is 48.5 Å². The number of aromatic nitrogens is 1. The van der Waals surface area contributed by atoms with Crippen molar-refractivity contribution in [3.8, 4) is 17.3 Å². The Bertz CT molecular complexity index is 1330. The van der Waals surface area contributed by atoms with Crippen LogP contribution in [0.2, 0.25) is 0 Å². The van der Waals surface area contributed by atoms with E-state index in [1.54, 1.807) is 0 Å². The number of nitrogens with one attached hydrogen (secondary N) is 1. The first-order chi connectivity index (χ1) is 14.4. The van der Waals surface area contributed by atoms with Gasteiger partial charge >= 0.3 is 0 Å². The van der Waals surface area contributed by atoms with Gasteiger partial charge in [-0.1, -0.05) is 48.0 Å². The minimum atomic E-state index is -0.225. The van der Waals surface area contributed by atoms with Crippen molar-refractivity contribution in [2.75, 3.05) is 5.32 Å². The Labute approximate surface area is 179 Å². The van der Waals surface area contributed by atoms with Crippen molar-refractivity contribution in [1.29, 1.82) is 5.26 Å². The summed E-state index contributed by atoms with van der Waals surface area (Å²) in [6.07, 6.45) is 0. The number of carbonyl (C=O) groups excluding carboxylic acids is 1. The van der Waals surface area contributed by atoms with Gasteiger partial charge in [0.2, 0.25) is 0 Å². The number of rotatable bonds is 3. The fraction of sp³-hybridized carbons (Fsp3) is 0.160. The number of amides is 1. The lowest BCUT2D eigenvalue weighted by Gasteiger charge is -2.15. The van der Waals surface area contributed by atoms with E-state index in [1.807, 2.05) is 76.2 Å². The highest BCUT2D eigenvalue weighted by molar-refractivity contribution is 7.16. The standard InChI is InChI=1S/C25H21N3OS/c1-14-9-11-18(12-10-14)23-16(3)22(19-7-5-6-8-21(19)27-23)24(29)28-25-20(13-26)15(2)17(4)30-25/h5-12H,1-4H3,(H,28,29). The zero-order valence-electron chi connectivity index (χ0n) is 17.3. The number of thiophene rings is 1. The van der Waals surface area contributed by atoms with E-state index >= 15 is 0 Å². The fourth-order valence-corrected chi connectivity index (χ4v) is 4.61. The van der Waals surface area contributed by atoms with Gasteiger partial charge in [0.1, 0.15) is 11.1 Å². The maximum absolute atomic E-state index is 13.4. The van der Waals surface area contributed by atoms with Crippen molar-refractivity contribution in [3.63, 3.8) is 0 Å². The van der Waals surface area contributed by atoms with E-state index in [0.717, 1.165) is 38.2 Å². The van der Waals surface area contributed by atoms with Crippen LogP contribution < -0.4 is 5.32 Å². The first-order valence-electron chi connectivity index (χ1n) is 9.68. The average Bonchev–Trinajstić information content (AvgIpc) is 3.00. The number of hydrogen-bond acceptors (Lipinski definition) is 4. The highest BCUT2D eigenvalue weighted by Gasteiger charge is 2.21. The largest absolute Gasteiger partial charge is 0.312 e. The maximum atomic E-state index is 13.4. The van der Waals surface area contributed by atoms with Gasteiger partial charge in [-0.3, -0.25) is 4.79 Å². The molecule has 0 aliphatic rings. The van der Waals surface area contributed by atoms with E-state index in [-0.39, 0.29) is 5.91 Å². The lowest BCUT2D eigenvalue weighted by Crippen LogP contribution is -2.15. The zero-order chi connectivity index (χ0) is 21.4. The molecule has 148 valence electrons. The highest BCUT2D eigenvalue weighted by atomic mass is 32.1. The molecule has 0 aliphatic heterocycles. The van der Waals surface area contributed by atoms with Crippen LogP contribution in [-0.4, -0.2) is 10.9 Å². The molecule has 0 saturated carbocycles. The lowest BCUT2D eigenvalue weighted by atomic mass is 9.96. The van der Waals surface area contributed by atoms with Crippen molar-refractivity contribution < 1.29 is 4.79 Å². The molecule has 0 fully saturated rings. The second-order valence-electron chi connectivity index (χ2n) is 7.40. The summed E-state index contributed by atoms with van der Waals surface area (Å²) < 4.78 is 0. The molecule has 2 aromatic carbocycles. The monoisotopic (exact) mass is 411 g/mol. The molecule has 1 amide bonds. The van der Waals surface area contributed by atoms with Crippen LogP contribution in [0.1, 0.15) is 37.5 Å². The molecule has 2 aromatic heterocycles. The molecule has 0 bridgehead atoms. The molecule has 0 saturated heterocycles. The van der Waals surface area contributed by atoms with E-state index in [9.17, 15) is 10.1 Å². The molecule has 0 radical (unpaired) electrons. The highest BCUT2D eigenvalue weighted by Crippen LogP contribution is 2.34. The van der Waals surface area contributed by atoms with E-state index in [1.165, 1.54) is 16.9 Å².